The lowest BCUT2D eigenvalue weighted by atomic mass is 9.86. The maximum Gasteiger partial charge on any atom is 0.164 e. The molecule has 2 N–H and O–H groups in total. The number of phenolic OH excluding ortho intramolecular Hbond substituents is 1. The summed E-state index contributed by atoms with van der Waals surface area (Å²) < 4.78 is 5.62. The van der Waals surface area contributed by atoms with Crippen LogP contribution in [0, 0.1) is 0 Å². The molecule has 0 spiro atoms. The van der Waals surface area contributed by atoms with Crippen LogP contribution >= 0.6 is 0 Å². The van der Waals surface area contributed by atoms with E-state index < -0.39 is 0 Å². The fraction of sp³-hybridized carbons (Fsp3) is 0.455. The molecular formula is C22H30O3. The molecule has 0 fully saturated rings. The SMILES string of the molecule is CCCCc1c(O)c(OC)c(CCCC)c(-c2ccccc2)c1CO. The van der Waals surface area contributed by atoms with Crippen molar-refractivity contribution in [3.05, 3.63) is 47.0 Å². The number of benzene rings is 2. The van der Waals surface area contributed by atoms with Crippen LogP contribution in [-0.2, 0) is 19.4 Å². The van der Waals surface area contributed by atoms with E-state index in [1.807, 2.05) is 18.2 Å². The molecule has 3 heteroatoms. The first-order chi connectivity index (χ1) is 12.2. The number of hydrogen-bond donors (Lipinski definition) is 2. The molecule has 2 aromatic carbocycles. The molecular weight excluding hydrogens is 312 g/mol. The minimum Gasteiger partial charge on any atom is -0.504 e. The van der Waals surface area contributed by atoms with Crippen LogP contribution in [0.5, 0.6) is 11.5 Å². The van der Waals surface area contributed by atoms with Gasteiger partial charge >= 0.3 is 0 Å². The summed E-state index contributed by atoms with van der Waals surface area (Å²) in [5, 5.41) is 21.0. The van der Waals surface area contributed by atoms with Gasteiger partial charge in [-0.15, -0.1) is 0 Å². The fourth-order valence-electron chi connectivity index (χ4n) is 3.43. The Morgan fingerprint density at radius 3 is 2.00 bits per heavy atom. The molecule has 0 atom stereocenters. The minimum absolute atomic E-state index is 0.0834. The number of unbranched alkanes of at least 4 members (excludes halogenated alkanes) is 2. The summed E-state index contributed by atoms with van der Waals surface area (Å²) >= 11 is 0. The molecule has 0 aliphatic heterocycles. The third kappa shape index (κ3) is 4.16. The van der Waals surface area contributed by atoms with E-state index in [2.05, 4.69) is 26.0 Å². The molecule has 25 heavy (non-hydrogen) atoms. The molecule has 0 radical (unpaired) electrons. The van der Waals surface area contributed by atoms with Crippen LogP contribution in [0.15, 0.2) is 30.3 Å². The lowest BCUT2D eigenvalue weighted by molar-refractivity contribution is 0.279. The van der Waals surface area contributed by atoms with Gasteiger partial charge in [-0.05, 0) is 42.4 Å². The first-order valence-electron chi connectivity index (χ1n) is 9.29. The van der Waals surface area contributed by atoms with Crippen LogP contribution in [0.25, 0.3) is 11.1 Å². The first kappa shape index (κ1) is 19.3. The number of aliphatic hydroxyl groups is 1. The van der Waals surface area contributed by atoms with Gasteiger partial charge in [-0.2, -0.15) is 0 Å². The van der Waals surface area contributed by atoms with Crippen molar-refractivity contribution in [2.24, 2.45) is 0 Å². The van der Waals surface area contributed by atoms with Gasteiger partial charge in [0.2, 0.25) is 0 Å². The molecule has 0 amide bonds. The van der Waals surface area contributed by atoms with Crippen molar-refractivity contribution in [3.8, 4) is 22.6 Å². The Balaban J connectivity index is 2.78. The van der Waals surface area contributed by atoms with Gasteiger partial charge in [-0.1, -0.05) is 57.0 Å². The Labute approximate surface area is 151 Å². The monoisotopic (exact) mass is 342 g/mol. The van der Waals surface area contributed by atoms with Crippen molar-refractivity contribution in [1.29, 1.82) is 0 Å². The zero-order valence-corrected chi connectivity index (χ0v) is 15.6. The third-order valence-electron chi connectivity index (χ3n) is 4.73. The standard InChI is InChI=1S/C22H30O3/c1-4-6-13-17-19(15-23)20(16-11-9-8-10-12-16)18(14-7-5-2)22(25-3)21(17)24/h8-12,23-24H,4-7,13-15H2,1-3H3. The number of aromatic hydroxyl groups is 1. The maximum absolute atomic E-state index is 10.8. The lowest BCUT2D eigenvalue weighted by Gasteiger charge is -2.23. The van der Waals surface area contributed by atoms with Crippen molar-refractivity contribution < 1.29 is 14.9 Å². The van der Waals surface area contributed by atoms with Crippen LogP contribution in [0.3, 0.4) is 0 Å². The fourth-order valence-corrected chi connectivity index (χ4v) is 3.43. The molecule has 0 heterocycles. The third-order valence-corrected chi connectivity index (χ3v) is 4.73. The van der Waals surface area contributed by atoms with E-state index in [0.29, 0.717) is 5.75 Å². The Bertz CT molecular complexity index is 678. The summed E-state index contributed by atoms with van der Waals surface area (Å²) in [5.74, 6) is 0.765. The van der Waals surface area contributed by atoms with Crippen LogP contribution in [0.4, 0.5) is 0 Å². The molecule has 0 bridgehead atoms. The van der Waals surface area contributed by atoms with Crippen LogP contribution in [-0.4, -0.2) is 17.3 Å². The second-order valence-corrected chi connectivity index (χ2v) is 6.42. The van der Waals surface area contributed by atoms with E-state index in [1.54, 1.807) is 7.11 Å². The predicted octanol–water partition coefficient (Wildman–Crippen LogP) is 5.25. The number of aliphatic hydroxyl groups excluding tert-OH is 1. The van der Waals surface area contributed by atoms with Gasteiger partial charge in [0, 0.05) is 11.1 Å². The zero-order valence-electron chi connectivity index (χ0n) is 15.6. The number of hydrogen-bond acceptors (Lipinski definition) is 3. The Morgan fingerprint density at radius 2 is 1.48 bits per heavy atom. The van der Waals surface area contributed by atoms with Gasteiger partial charge in [0.1, 0.15) is 0 Å². The minimum atomic E-state index is -0.0834. The van der Waals surface area contributed by atoms with Crippen molar-refractivity contribution in [1.82, 2.24) is 0 Å². The van der Waals surface area contributed by atoms with E-state index in [1.165, 1.54) is 0 Å². The molecule has 0 unspecified atom stereocenters. The second kappa shape index (κ2) is 9.47. The van der Waals surface area contributed by atoms with Crippen molar-refractivity contribution in [2.45, 2.75) is 59.0 Å². The first-order valence-corrected chi connectivity index (χ1v) is 9.29. The summed E-state index contributed by atoms with van der Waals surface area (Å²) in [6, 6.07) is 10.1. The molecule has 0 aliphatic rings. The zero-order chi connectivity index (χ0) is 18.2. The predicted molar refractivity (Wildman–Crippen MR) is 103 cm³/mol. The molecule has 136 valence electrons. The molecule has 0 aliphatic carbocycles. The summed E-state index contributed by atoms with van der Waals surface area (Å²) in [6.07, 6.45) is 5.62. The second-order valence-electron chi connectivity index (χ2n) is 6.42. The highest BCUT2D eigenvalue weighted by molar-refractivity contribution is 5.78. The summed E-state index contributed by atoms with van der Waals surface area (Å²) in [5.41, 5.74) is 4.74. The molecule has 3 nitrogen and oxygen atoms in total. The molecule has 0 saturated carbocycles. The molecule has 2 aromatic rings. The topological polar surface area (TPSA) is 49.7 Å². The van der Waals surface area contributed by atoms with E-state index in [4.69, 9.17) is 4.74 Å². The van der Waals surface area contributed by atoms with E-state index in [9.17, 15) is 10.2 Å². The highest BCUT2D eigenvalue weighted by Gasteiger charge is 2.24. The maximum atomic E-state index is 10.8. The van der Waals surface area contributed by atoms with Crippen molar-refractivity contribution in [2.75, 3.05) is 7.11 Å². The summed E-state index contributed by atoms with van der Waals surface area (Å²) in [6.45, 7) is 4.19. The normalized spacial score (nSPS) is 10.9. The van der Waals surface area contributed by atoms with Crippen LogP contribution < -0.4 is 4.74 Å². The van der Waals surface area contributed by atoms with Gasteiger partial charge in [0.05, 0.1) is 13.7 Å². The summed E-state index contributed by atoms with van der Waals surface area (Å²) in [4.78, 5) is 0. The van der Waals surface area contributed by atoms with E-state index >= 15 is 0 Å². The number of methoxy groups -OCH3 is 1. The Morgan fingerprint density at radius 1 is 0.880 bits per heavy atom. The van der Waals surface area contributed by atoms with Gasteiger partial charge < -0.3 is 14.9 Å². The Hall–Kier alpha value is -2.00. The largest absolute Gasteiger partial charge is 0.504 e. The summed E-state index contributed by atoms with van der Waals surface area (Å²) in [7, 11) is 1.61. The average molecular weight is 342 g/mol. The highest BCUT2D eigenvalue weighted by Crippen LogP contribution is 2.45. The van der Waals surface area contributed by atoms with E-state index in [-0.39, 0.29) is 12.4 Å². The van der Waals surface area contributed by atoms with Gasteiger partial charge in [0.25, 0.3) is 0 Å². The van der Waals surface area contributed by atoms with Gasteiger partial charge in [-0.3, -0.25) is 0 Å². The van der Waals surface area contributed by atoms with Gasteiger partial charge in [0.15, 0.2) is 11.5 Å². The van der Waals surface area contributed by atoms with Crippen LogP contribution in [0.2, 0.25) is 0 Å². The van der Waals surface area contributed by atoms with Crippen molar-refractivity contribution in [3.63, 3.8) is 0 Å². The van der Waals surface area contributed by atoms with Gasteiger partial charge in [-0.25, -0.2) is 0 Å². The Kier molecular flexibility index (Phi) is 7.32. The smallest absolute Gasteiger partial charge is 0.164 e. The number of ether oxygens (including phenoxy) is 1. The molecule has 2 rings (SSSR count). The quantitative estimate of drug-likeness (QED) is 0.655. The molecule has 0 saturated heterocycles. The average Bonchev–Trinajstić information content (AvgIpc) is 2.65. The van der Waals surface area contributed by atoms with Crippen LogP contribution in [0.1, 0.15) is 56.2 Å². The van der Waals surface area contributed by atoms with Crippen molar-refractivity contribution >= 4 is 0 Å². The highest BCUT2D eigenvalue weighted by atomic mass is 16.5. The number of phenols is 1. The van der Waals surface area contributed by atoms with E-state index in [0.717, 1.165) is 66.3 Å². The molecule has 0 aromatic heterocycles. The number of rotatable bonds is 9. The lowest BCUT2D eigenvalue weighted by Crippen LogP contribution is -2.06.